The van der Waals surface area contributed by atoms with Crippen LogP contribution in [0.2, 0.25) is 0 Å². The molecule has 0 aliphatic heterocycles. The maximum absolute atomic E-state index is 12.9. The zero-order valence-electron chi connectivity index (χ0n) is 12.6. The van der Waals surface area contributed by atoms with E-state index in [2.05, 4.69) is 17.2 Å². The van der Waals surface area contributed by atoms with Crippen molar-refractivity contribution >= 4 is 23.2 Å². The first-order valence-corrected chi connectivity index (χ1v) is 7.27. The number of hydrogen-bond acceptors (Lipinski definition) is 2. The summed E-state index contributed by atoms with van der Waals surface area (Å²) in [5, 5.41) is 5.24. The van der Waals surface area contributed by atoms with Crippen LogP contribution in [0, 0.1) is 23.5 Å². The second-order valence-electron chi connectivity index (χ2n) is 5.52. The second-order valence-corrected chi connectivity index (χ2v) is 5.52. The van der Waals surface area contributed by atoms with Gasteiger partial charge in [0.1, 0.15) is 11.6 Å². The first-order chi connectivity index (χ1) is 11.5. The van der Waals surface area contributed by atoms with Gasteiger partial charge in [-0.25, -0.2) is 8.78 Å². The number of halogens is 2. The minimum Gasteiger partial charge on any atom is -0.326 e. The third kappa shape index (κ3) is 3.32. The van der Waals surface area contributed by atoms with E-state index in [1.165, 1.54) is 48.5 Å². The third-order valence-electron chi connectivity index (χ3n) is 3.81. The molecule has 2 atom stereocenters. The Morgan fingerprint density at radius 3 is 1.42 bits per heavy atom. The summed E-state index contributed by atoms with van der Waals surface area (Å²) in [4.78, 5) is 24.4. The van der Waals surface area contributed by atoms with Crippen molar-refractivity contribution in [3.8, 4) is 0 Å². The van der Waals surface area contributed by atoms with Crippen molar-refractivity contribution in [3.05, 3.63) is 72.3 Å². The molecule has 1 aliphatic rings. The van der Waals surface area contributed by atoms with Gasteiger partial charge in [0.15, 0.2) is 0 Å². The van der Waals surface area contributed by atoms with Gasteiger partial charge in [-0.2, -0.15) is 0 Å². The monoisotopic (exact) mass is 328 g/mol. The summed E-state index contributed by atoms with van der Waals surface area (Å²) in [6, 6.07) is 10.7. The molecule has 3 rings (SSSR count). The van der Waals surface area contributed by atoms with E-state index in [0.717, 1.165) is 0 Å². The molecule has 24 heavy (non-hydrogen) atoms. The van der Waals surface area contributed by atoms with E-state index in [0.29, 0.717) is 16.9 Å². The molecule has 6 heteroatoms. The largest absolute Gasteiger partial charge is 0.326 e. The number of hydrogen-bond donors (Lipinski definition) is 2. The first kappa shape index (κ1) is 15.9. The van der Waals surface area contributed by atoms with Crippen LogP contribution in [0.5, 0.6) is 0 Å². The van der Waals surface area contributed by atoms with Crippen LogP contribution in [0.25, 0.3) is 0 Å². The Bertz CT molecular complexity index is 733. The maximum Gasteiger partial charge on any atom is 0.232 e. The van der Waals surface area contributed by atoms with Crippen molar-refractivity contribution in [2.45, 2.75) is 0 Å². The van der Waals surface area contributed by atoms with E-state index in [1.807, 2.05) is 0 Å². The number of rotatable bonds is 4. The summed E-state index contributed by atoms with van der Waals surface area (Å²) in [5.74, 6) is -2.80. The van der Waals surface area contributed by atoms with Crippen LogP contribution in [0.3, 0.4) is 0 Å². The number of nitrogens with one attached hydrogen (secondary N) is 2. The molecule has 2 aromatic rings. The van der Waals surface area contributed by atoms with E-state index in [1.54, 1.807) is 0 Å². The Kier molecular flexibility index (Phi) is 4.12. The van der Waals surface area contributed by atoms with Crippen molar-refractivity contribution < 1.29 is 18.4 Å². The highest BCUT2D eigenvalue weighted by molar-refractivity contribution is 6.08. The number of amides is 2. The highest BCUT2D eigenvalue weighted by Crippen LogP contribution is 2.45. The highest BCUT2D eigenvalue weighted by Gasteiger charge is 2.52. The van der Waals surface area contributed by atoms with Crippen molar-refractivity contribution in [1.82, 2.24) is 0 Å². The molecule has 2 aromatic carbocycles. The van der Waals surface area contributed by atoms with E-state index < -0.39 is 23.5 Å². The van der Waals surface area contributed by atoms with Crippen LogP contribution in [-0.2, 0) is 9.59 Å². The molecule has 0 aromatic heterocycles. The lowest BCUT2D eigenvalue weighted by Gasteiger charge is -2.05. The van der Waals surface area contributed by atoms with Crippen molar-refractivity contribution in [3.63, 3.8) is 0 Å². The fraction of sp³-hybridized carbons (Fsp3) is 0.111. The van der Waals surface area contributed by atoms with Gasteiger partial charge in [-0.15, -0.1) is 0 Å². The van der Waals surface area contributed by atoms with E-state index in [-0.39, 0.29) is 11.8 Å². The average Bonchev–Trinajstić information content (AvgIpc) is 3.23. The predicted octanol–water partition coefficient (Wildman–Crippen LogP) is 3.34. The number of carbonyl (C=O) groups excluding carboxylic acids is 2. The molecule has 0 radical (unpaired) electrons. The van der Waals surface area contributed by atoms with Gasteiger partial charge >= 0.3 is 0 Å². The number of carbonyl (C=O) groups is 2. The fourth-order valence-electron chi connectivity index (χ4n) is 2.46. The van der Waals surface area contributed by atoms with Gasteiger partial charge in [0.25, 0.3) is 0 Å². The highest BCUT2D eigenvalue weighted by atomic mass is 19.1. The van der Waals surface area contributed by atoms with E-state index >= 15 is 0 Å². The number of anilines is 2. The molecule has 1 fully saturated rings. The fourth-order valence-corrected chi connectivity index (χ4v) is 2.46. The van der Waals surface area contributed by atoms with Crippen LogP contribution in [-0.4, -0.2) is 11.8 Å². The van der Waals surface area contributed by atoms with Crippen LogP contribution in [0.15, 0.2) is 60.7 Å². The molecule has 0 saturated heterocycles. The van der Waals surface area contributed by atoms with Crippen LogP contribution >= 0.6 is 0 Å². The normalized spacial score (nSPS) is 18.8. The Balaban J connectivity index is 1.61. The molecule has 1 aliphatic carbocycles. The van der Waals surface area contributed by atoms with Gasteiger partial charge in [-0.3, -0.25) is 9.59 Å². The number of benzene rings is 2. The Hall–Kier alpha value is -3.02. The van der Waals surface area contributed by atoms with E-state index in [9.17, 15) is 18.4 Å². The summed E-state index contributed by atoms with van der Waals surface area (Å²) < 4.78 is 25.7. The van der Waals surface area contributed by atoms with E-state index in [4.69, 9.17) is 0 Å². The zero-order chi connectivity index (χ0) is 17.3. The summed E-state index contributed by atoms with van der Waals surface area (Å²) in [6.07, 6.45) is 0. The molecule has 1 saturated carbocycles. The second kappa shape index (κ2) is 6.23. The molecule has 0 bridgehead atoms. The van der Waals surface area contributed by atoms with Gasteiger partial charge in [0.2, 0.25) is 11.8 Å². The molecular weight excluding hydrogens is 314 g/mol. The molecule has 0 unspecified atom stereocenters. The lowest BCUT2D eigenvalue weighted by atomic mass is 10.2. The van der Waals surface area contributed by atoms with Crippen LogP contribution < -0.4 is 10.6 Å². The molecule has 122 valence electrons. The Morgan fingerprint density at radius 2 is 1.08 bits per heavy atom. The summed E-state index contributed by atoms with van der Waals surface area (Å²) in [7, 11) is 0. The topological polar surface area (TPSA) is 58.2 Å². The molecule has 0 heterocycles. The van der Waals surface area contributed by atoms with Crippen LogP contribution in [0.1, 0.15) is 0 Å². The van der Waals surface area contributed by atoms with Crippen molar-refractivity contribution in [1.29, 1.82) is 0 Å². The van der Waals surface area contributed by atoms with Gasteiger partial charge < -0.3 is 10.6 Å². The Labute approximate surface area is 137 Å². The SMILES string of the molecule is C=C1[C@@H](C(=O)Nc2ccc(F)cc2)[C@@H]1C(=O)Nc1ccc(F)cc1. The minimum atomic E-state index is -0.629. The maximum atomic E-state index is 12.9. The minimum absolute atomic E-state index is 0.370. The summed E-state index contributed by atoms with van der Waals surface area (Å²) >= 11 is 0. The standard InChI is InChI=1S/C18H14F2N2O2/c1-10-15(17(23)21-13-6-2-11(19)3-7-13)16(10)18(24)22-14-8-4-12(20)5-9-14/h2-9,15-16H,1H2,(H,21,23)(H,22,24)/t15-,16-/m1/s1. The third-order valence-corrected chi connectivity index (χ3v) is 3.81. The van der Waals surface area contributed by atoms with Crippen molar-refractivity contribution in [2.75, 3.05) is 10.6 Å². The van der Waals surface area contributed by atoms with Gasteiger partial charge in [-0.1, -0.05) is 12.2 Å². The van der Waals surface area contributed by atoms with Crippen LogP contribution in [0.4, 0.5) is 20.2 Å². The molecule has 2 N–H and O–H groups in total. The lowest BCUT2D eigenvalue weighted by Crippen LogP contribution is -2.20. The predicted molar refractivity (Wildman–Crippen MR) is 86.2 cm³/mol. The zero-order valence-corrected chi connectivity index (χ0v) is 12.6. The smallest absolute Gasteiger partial charge is 0.232 e. The summed E-state index contributed by atoms with van der Waals surface area (Å²) in [6.45, 7) is 3.74. The van der Waals surface area contributed by atoms with Gasteiger partial charge in [0, 0.05) is 11.4 Å². The Morgan fingerprint density at radius 1 is 0.750 bits per heavy atom. The molecular formula is C18H14F2N2O2. The molecule has 0 spiro atoms. The van der Waals surface area contributed by atoms with Gasteiger partial charge in [-0.05, 0) is 48.5 Å². The first-order valence-electron chi connectivity index (χ1n) is 7.27. The molecule has 4 nitrogen and oxygen atoms in total. The average molecular weight is 328 g/mol. The van der Waals surface area contributed by atoms with Crippen molar-refractivity contribution in [2.24, 2.45) is 11.8 Å². The van der Waals surface area contributed by atoms with Gasteiger partial charge in [0.05, 0.1) is 11.8 Å². The quantitative estimate of drug-likeness (QED) is 0.846. The summed E-state index contributed by atoms with van der Waals surface area (Å²) in [5.41, 5.74) is 1.40. The molecule has 2 amide bonds. The lowest BCUT2D eigenvalue weighted by molar-refractivity contribution is -0.122.